The summed E-state index contributed by atoms with van der Waals surface area (Å²) in [6.07, 6.45) is 8.03. The first-order valence-electron chi connectivity index (χ1n) is 8.51. The maximum absolute atomic E-state index is 11.9. The minimum atomic E-state index is -1.70. The average molecular weight is 350 g/mol. The molecule has 1 saturated carbocycles. The predicted octanol–water partition coefficient (Wildman–Crippen LogP) is 3.37. The van der Waals surface area contributed by atoms with Gasteiger partial charge in [-0.25, -0.2) is 14.4 Å². The van der Waals surface area contributed by atoms with Gasteiger partial charge in [-0.15, -0.1) is 0 Å². The maximum atomic E-state index is 11.9. The van der Waals surface area contributed by atoms with Gasteiger partial charge in [0.2, 0.25) is 0 Å². The van der Waals surface area contributed by atoms with Gasteiger partial charge in [-0.05, 0) is 19.3 Å². The zero-order valence-corrected chi connectivity index (χ0v) is 14.5. The topological polar surface area (TPSA) is 78.9 Å². The van der Waals surface area contributed by atoms with E-state index in [1.54, 1.807) is 0 Å². The van der Waals surface area contributed by atoms with E-state index in [4.69, 9.17) is 14.2 Å². The second-order valence-electron chi connectivity index (χ2n) is 5.85. The summed E-state index contributed by atoms with van der Waals surface area (Å²) in [7, 11) is 0. The molecule has 0 heterocycles. The Bertz CT molecular complexity index is 500. The van der Waals surface area contributed by atoms with Gasteiger partial charge in [0.1, 0.15) is 0 Å². The van der Waals surface area contributed by atoms with Gasteiger partial charge in [0.05, 0.1) is 0 Å². The third-order valence-corrected chi connectivity index (χ3v) is 4.04. The quantitative estimate of drug-likeness (QED) is 0.415. The van der Waals surface area contributed by atoms with Crippen molar-refractivity contribution >= 4 is 17.9 Å². The lowest BCUT2D eigenvalue weighted by Crippen LogP contribution is -2.51. The van der Waals surface area contributed by atoms with Crippen LogP contribution in [-0.4, -0.2) is 29.8 Å². The molecular weight excluding hydrogens is 324 g/mol. The van der Waals surface area contributed by atoms with Crippen LogP contribution >= 0.6 is 0 Å². The normalized spacial score (nSPS) is 20.4. The molecule has 25 heavy (non-hydrogen) atoms. The molecule has 0 aromatic carbocycles. The summed E-state index contributed by atoms with van der Waals surface area (Å²) in [6.45, 7) is 10.1. The van der Waals surface area contributed by atoms with Crippen LogP contribution in [0.3, 0.4) is 0 Å². The Morgan fingerprint density at radius 3 is 1.76 bits per heavy atom. The summed E-state index contributed by atoms with van der Waals surface area (Å²) in [5.74, 6) is -3.88. The highest BCUT2D eigenvalue weighted by Crippen LogP contribution is 2.33. The van der Waals surface area contributed by atoms with E-state index < -0.39 is 29.8 Å². The van der Waals surface area contributed by atoms with Gasteiger partial charge in [0.15, 0.2) is 6.10 Å². The van der Waals surface area contributed by atoms with Crippen molar-refractivity contribution in [1.29, 1.82) is 0 Å². The molecule has 6 heteroatoms. The van der Waals surface area contributed by atoms with Crippen LogP contribution in [0.1, 0.15) is 51.4 Å². The Balaban J connectivity index is 3.24. The van der Waals surface area contributed by atoms with Crippen LogP contribution in [0.2, 0.25) is 0 Å². The van der Waals surface area contributed by atoms with Crippen LogP contribution in [-0.2, 0) is 28.6 Å². The van der Waals surface area contributed by atoms with Crippen LogP contribution < -0.4 is 0 Å². The highest BCUT2D eigenvalue weighted by molar-refractivity contribution is 5.84. The monoisotopic (exact) mass is 350 g/mol. The van der Waals surface area contributed by atoms with Crippen LogP contribution in [0, 0.1) is 0 Å². The van der Waals surface area contributed by atoms with Crippen LogP contribution in [0.25, 0.3) is 0 Å². The standard InChI is InChI=1S/C19H26O6/c1-4-16(20)23-15-13-11-9-7-8-10-12-14-19(15,24-17(21)5-2)25-18(22)6-3/h4-6,15H,1-3,7-14H2. The second kappa shape index (κ2) is 10.5. The first kappa shape index (κ1) is 20.7. The molecule has 1 fully saturated rings. The molecule has 0 aromatic rings. The van der Waals surface area contributed by atoms with E-state index in [1.807, 2.05) is 0 Å². The second-order valence-corrected chi connectivity index (χ2v) is 5.85. The number of esters is 3. The molecular formula is C19H26O6. The summed E-state index contributed by atoms with van der Waals surface area (Å²) >= 11 is 0. The molecule has 1 rings (SSSR count). The van der Waals surface area contributed by atoms with E-state index in [9.17, 15) is 14.4 Å². The van der Waals surface area contributed by atoms with Crippen molar-refractivity contribution in [3.63, 3.8) is 0 Å². The fraction of sp³-hybridized carbons (Fsp3) is 0.526. The number of ether oxygens (including phenoxy) is 3. The number of carbonyl (C=O) groups excluding carboxylic acids is 3. The first-order valence-corrected chi connectivity index (χ1v) is 8.51. The lowest BCUT2D eigenvalue weighted by atomic mass is 9.93. The van der Waals surface area contributed by atoms with Gasteiger partial charge in [0.25, 0.3) is 5.79 Å². The molecule has 0 aliphatic heterocycles. The summed E-state index contributed by atoms with van der Waals surface area (Å²) in [4.78, 5) is 35.5. The summed E-state index contributed by atoms with van der Waals surface area (Å²) < 4.78 is 16.3. The highest BCUT2D eigenvalue weighted by Gasteiger charge is 2.47. The summed E-state index contributed by atoms with van der Waals surface area (Å²) in [5.41, 5.74) is 0. The summed E-state index contributed by atoms with van der Waals surface area (Å²) in [5, 5.41) is 0. The number of rotatable bonds is 6. The van der Waals surface area contributed by atoms with Crippen LogP contribution in [0.15, 0.2) is 38.0 Å². The van der Waals surface area contributed by atoms with E-state index in [1.165, 1.54) is 0 Å². The maximum Gasteiger partial charge on any atom is 0.333 e. The predicted molar refractivity (Wildman–Crippen MR) is 92.3 cm³/mol. The van der Waals surface area contributed by atoms with E-state index in [0.717, 1.165) is 50.3 Å². The van der Waals surface area contributed by atoms with Crippen molar-refractivity contribution < 1.29 is 28.6 Å². The van der Waals surface area contributed by atoms with Crippen molar-refractivity contribution in [1.82, 2.24) is 0 Å². The summed E-state index contributed by atoms with van der Waals surface area (Å²) in [6, 6.07) is 0. The van der Waals surface area contributed by atoms with E-state index in [-0.39, 0.29) is 6.42 Å². The first-order chi connectivity index (χ1) is 12.0. The SMILES string of the molecule is C=CC(=O)OC1CCCCCCCCC1(OC(=O)C=C)OC(=O)C=C. The van der Waals surface area contributed by atoms with Crippen LogP contribution in [0.5, 0.6) is 0 Å². The molecule has 1 unspecified atom stereocenters. The van der Waals surface area contributed by atoms with Gasteiger partial charge < -0.3 is 14.2 Å². The molecule has 0 aromatic heterocycles. The molecule has 0 saturated heterocycles. The van der Waals surface area contributed by atoms with Crippen molar-refractivity contribution in [3.05, 3.63) is 38.0 Å². The lowest BCUT2D eigenvalue weighted by molar-refractivity contribution is -0.264. The molecule has 1 aliphatic rings. The lowest BCUT2D eigenvalue weighted by Gasteiger charge is -2.38. The molecule has 6 nitrogen and oxygen atoms in total. The van der Waals surface area contributed by atoms with Crippen molar-refractivity contribution in [3.8, 4) is 0 Å². The molecule has 0 N–H and O–H groups in total. The van der Waals surface area contributed by atoms with Gasteiger partial charge in [-0.3, -0.25) is 0 Å². The molecule has 138 valence electrons. The Morgan fingerprint density at radius 1 is 0.760 bits per heavy atom. The fourth-order valence-corrected chi connectivity index (χ4v) is 2.80. The number of hydrogen-bond donors (Lipinski definition) is 0. The van der Waals surface area contributed by atoms with E-state index >= 15 is 0 Å². The number of hydrogen-bond acceptors (Lipinski definition) is 6. The zero-order chi connectivity index (χ0) is 18.7. The minimum absolute atomic E-state index is 0.223. The van der Waals surface area contributed by atoms with Crippen molar-refractivity contribution in [2.45, 2.75) is 63.3 Å². The van der Waals surface area contributed by atoms with Gasteiger partial charge in [-0.2, -0.15) is 0 Å². The Labute approximate surface area is 148 Å². The van der Waals surface area contributed by atoms with E-state index in [0.29, 0.717) is 12.8 Å². The van der Waals surface area contributed by atoms with Crippen molar-refractivity contribution in [2.24, 2.45) is 0 Å². The molecule has 0 radical (unpaired) electrons. The largest absolute Gasteiger partial charge is 0.451 e. The van der Waals surface area contributed by atoms with Gasteiger partial charge in [-0.1, -0.05) is 45.4 Å². The molecule has 1 atom stereocenters. The van der Waals surface area contributed by atoms with Gasteiger partial charge >= 0.3 is 17.9 Å². The smallest absolute Gasteiger partial charge is 0.333 e. The average Bonchev–Trinajstić information content (AvgIpc) is 2.61. The minimum Gasteiger partial charge on any atom is -0.451 e. The van der Waals surface area contributed by atoms with Crippen molar-refractivity contribution in [2.75, 3.05) is 0 Å². The third-order valence-electron chi connectivity index (χ3n) is 4.04. The fourth-order valence-electron chi connectivity index (χ4n) is 2.80. The molecule has 0 amide bonds. The highest BCUT2D eigenvalue weighted by atomic mass is 16.8. The third kappa shape index (κ3) is 6.57. The van der Waals surface area contributed by atoms with Gasteiger partial charge in [0, 0.05) is 24.6 Å². The number of carbonyl (C=O) groups is 3. The Kier molecular flexibility index (Phi) is 8.67. The zero-order valence-electron chi connectivity index (χ0n) is 14.5. The molecule has 0 bridgehead atoms. The molecule has 0 spiro atoms. The van der Waals surface area contributed by atoms with E-state index in [2.05, 4.69) is 19.7 Å². The Hall–Kier alpha value is -2.37. The van der Waals surface area contributed by atoms with Crippen LogP contribution in [0.4, 0.5) is 0 Å². The molecule has 1 aliphatic carbocycles. The Morgan fingerprint density at radius 2 is 1.24 bits per heavy atom.